The second kappa shape index (κ2) is 7.19. The largest absolute Gasteiger partial charge is 0.507 e. The van der Waals surface area contributed by atoms with Crippen LogP contribution in [0.4, 0.5) is 5.69 Å². The number of phenolic OH excluding ortho intramolecular Hbond substituents is 1. The number of rotatable bonds is 5. The third-order valence-electron chi connectivity index (χ3n) is 4.10. The number of phenols is 1. The predicted molar refractivity (Wildman–Crippen MR) is 102 cm³/mol. The van der Waals surface area contributed by atoms with Crippen LogP contribution < -0.4 is 5.32 Å². The molecule has 1 aromatic heterocycles. The maximum absolute atomic E-state index is 12.5. The summed E-state index contributed by atoms with van der Waals surface area (Å²) in [7, 11) is 1.90. The highest BCUT2D eigenvalue weighted by molar-refractivity contribution is 9.10. The van der Waals surface area contributed by atoms with Gasteiger partial charge in [-0.15, -0.1) is 0 Å². The van der Waals surface area contributed by atoms with Crippen LogP contribution in [0.2, 0.25) is 0 Å². The summed E-state index contributed by atoms with van der Waals surface area (Å²) >= 11 is 3.33. The van der Waals surface area contributed by atoms with E-state index in [1.165, 1.54) is 0 Å². The Kier molecular flexibility index (Phi) is 4.99. The van der Waals surface area contributed by atoms with Gasteiger partial charge in [0, 0.05) is 18.1 Å². The van der Waals surface area contributed by atoms with Crippen LogP contribution in [0.1, 0.15) is 23.0 Å². The number of ether oxygens (including phenoxy) is 1. The number of aromatic hydroxyl groups is 1. The number of hydrogen-bond donors (Lipinski definition) is 2. The number of halogens is 1. The summed E-state index contributed by atoms with van der Waals surface area (Å²) in [6.45, 7) is 2.53. The SMILES string of the molecule is CCOC(=O)c1c(CNc2ccccc2)n(C)c2cc(Br)c(O)cc12. The normalized spacial score (nSPS) is 10.8. The Hall–Kier alpha value is -2.47. The van der Waals surface area contributed by atoms with Crippen molar-refractivity contribution in [3.8, 4) is 5.75 Å². The molecule has 2 N–H and O–H groups in total. The van der Waals surface area contributed by atoms with Gasteiger partial charge in [-0.1, -0.05) is 18.2 Å². The fourth-order valence-electron chi connectivity index (χ4n) is 2.88. The van der Waals surface area contributed by atoms with Crippen LogP contribution in [0.3, 0.4) is 0 Å². The molecule has 0 fully saturated rings. The number of carbonyl (C=O) groups is 1. The quantitative estimate of drug-likeness (QED) is 0.619. The number of nitrogens with zero attached hydrogens (tertiary/aromatic N) is 1. The van der Waals surface area contributed by atoms with E-state index < -0.39 is 0 Å². The highest BCUT2D eigenvalue weighted by Gasteiger charge is 2.23. The summed E-state index contributed by atoms with van der Waals surface area (Å²) in [5.41, 5.74) is 3.09. The average molecular weight is 403 g/mol. The number of benzene rings is 2. The van der Waals surface area contributed by atoms with E-state index in [4.69, 9.17) is 4.74 Å². The first kappa shape index (κ1) is 17.4. The Morgan fingerprint density at radius 3 is 2.68 bits per heavy atom. The van der Waals surface area contributed by atoms with Gasteiger partial charge in [-0.05, 0) is 47.1 Å². The number of carbonyl (C=O) groups excluding carboxylic acids is 1. The minimum absolute atomic E-state index is 0.0891. The number of hydrogen-bond acceptors (Lipinski definition) is 4. The molecule has 3 aromatic rings. The lowest BCUT2D eigenvalue weighted by atomic mass is 10.1. The number of nitrogens with one attached hydrogen (secondary N) is 1. The molecule has 0 aliphatic rings. The third-order valence-corrected chi connectivity index (χ3v) is 4.74. The average Bonchev–Trinajstić information content (AvgIpc) is 2.86. The van der Waals surface area contributed by atoms with Gasteiger partial charge in [-0.2, -0.15) is 0 Å². The Balaban J connectivity index is 2.10. The van der Waals surface area contributed by atoms with Gasteiger partial charge >= 0.3 is 5.97 Å². The molecule has 130 valence electrons. The van der Waals surface area contributed by atoms with Gasteiger partial charge in [-0.3, -0.25) is 0 Å². The van der Waals surface area contributed by atoms with Crippen LogP contribution in [0.15, 0.2) is 46.9 Å². The maximum Gasteiger partial charge on any atom is 0.340 e. The summed E-state index contributed by atoms with van der Waals surface area (Å²) < 4.78 is 7.77. The van der Waals surface area contributed by atoms with Gasteiger partial charge < -0.3 is 19.7 Å². The van der Waals surface area contributed by atoms with E-state index in [1.807, 2.05) is 41.9 Å². The van der Waals surface area contributed by atoms with Crippen molar-refractivity contribution in [2.75, 3.05) is 11.9 Å². The van der Waals surface area contributed by atoms with Crippen molar-refractivity contribution >= 4 is 38.5 Å². The molecular formula is C19H19BrN2O3. The minimum atomic E-state index is -0.389. The molecule has 0 amide bonds. The molecule has 0 spiro atoms. The third kappa shape index (κ3) is 3.35. The Bertz CT molecular complexity index is 920. The smallest absolute Gasteiger partial charge is 0.340 e. The molecule has 0 unspecified atom stereocenters. The van der Waals surface area contributed by atoms with Crippen molar-refractivity contribution in [2.24, 2.45) is 7.05 Å². The fraction of sp³-hybridized carbons (Fsp3) is 0.211. The molecule has 25 heavy (non-hydrogen) atoms. The molecule has 3 rings (SSSR count). The fourth-order valence-corrected chi connectivity index (χ4v) is 3.21. The Morgan fingerprint density at radius 2 is 2.00 bits per heavy atom. The lowest BCUT2D eigenvalue weighted by Crippen LogP contribution is -2.12. The number of anilines is 1. The second-order valence-corrected chi connectivity index (χ2v) is 6.50. The molecule has 0 saturated heterocycles. The summed E-state index contributed by atoms with van der Waals surface area (Å²) in [6.07, 6.45) is 0. The molecule has 0 bridgehead atoms. The minimum Gasteiger partial charge on any atom is -0.507 e. The molecular weight excluding hydrogens is 384 g/mol. The van der Waals surface area contributed by atoms with Crippen molar-refractivity contribution < 1.29 is 14.6 Å². The number of esters is 1. The molecule has 0 atom stereocenters. The molecule has 1 heterocycles. The zero-order valence-electron chi connectivity index (χ0n) is 14.0. The first-order valence-corrected chi connectivity index (χ1v) is 8.78. The Labute approximate surface area is 154 Å². The number of fused-ring (bicyclic) bond motifs is 1. The zero-order chi connectivity index (χ0) is 18.0. The van der Waals surface area contributed by atoms with Crippen molar-refractivity contribution in [3.63, 3.8) is 0 Å². The van der Waals surface area contributed by atoms with E-state index in [-0.39, 0.29) is 11.7 Å². The van der Waals surface area contributed by atoms with Crippen LogP contribution in [-0.4, -0.2) is 22.2 Å². The number of aromatic nitrogens is 1. The first-order chi connectivity index (χ1) is 12.0. The molecule has 0 radical (unpaired) electrons. The summed E-state index contributed by atoms with van der Waals surface area (Å²) in [5.74, 6) is -0.300. The van der Waals surface area contributed by atoms with Crippen LogP contribution >= 0.6 is 15.9 Å². The lowest BCUT2D eigenvalue weighted by Gasteiger charge is -2.10. The topological polar surface area (TPSA) is 63.5 Å². The molecule has 5 nitrogen and oxygen atoms in total. The van der Waals surface area contributed by atoms with Gasteiger partial charge in [-0.25, -0.2) is 4.79 Å². The highest BCUT2D eigenvalue weighted by atomic mass is 79.9. The van der Waals surface area contributed by atoms with E-state index in [9.17, 15) is 9.90 Å². The molecule has 0 saturated carbocycles. The van der Waals surface area contributed by atoms with Crippen molar-refractivity contribution in [1.29, 1.82) is 0 Å². The summed E-state index contributed by atoms with van der Waals surface area (Å²) in [6, 6.07) is 13.2. The molecule has 0 aliphatic heterocycles. The van der Waals surface area contributed by atoms with Gasteiger partial charge in [0.2, 0.25) is 0 Å². The number of para-hydroxylation sites is 1. The highest BCUT2D eigenvalue weighted by Crippen LogP contribution is 2.34. The van der Waals surface area contributed by atoms with E-state index in [0.29, 0.717) is 28.6 Å². The molecule has 2 aromatic carbocycles. The molecule has 6 heteroatoms. The van der Waals surface area contributed by atoms with E-state index in [0.717, 1.165) is 16.9 Å². The summed E-state index contributed by atoms with van der Waals surface area (Å²) in [5, 5.41) is 14.0. The van der Waals surface area contributed by atoms with Crippen LogP contribution in [0.25, 0.3) is 10.9 Å². The first-order valence-electron chi connectivity index (χ1n) is 7.98. The second-order valence-electron chi connectivity index (χ2n) is 5.64. The van der Waals surface area contributed by atoms with Gasteiger partial charge in [0.05, 0.1) is 34.4 Å². The van der Waals surface area contributed by atoms with E-state index in [2.05, 4.69) is 21.2 Å². The Morgan fingerprint density at radius 1 is 1.28 bits per heavy atom. The van der Waals surface area contributed by atoms with E-state index in [1.54, 1.807) is 19.1 Å². The van der Waals surface area contributed by atoms with Gasteiger partial charge in [0.1, 0.15) is 5.75 Å². The van der Waals surface area contributed by atoms with Crippen LogP contribution in [0.5, 0.6) is 5.75 Å². The van der Waals surface area contributed by atoms with Crippen LogP contribution in [-0.2, 0) is 18.3 Å². The monoisotopic (exact) mass is 402 g/mol. The van der Waals surface area contributed by atoms with Gasteiger partial charge in [0.15, 0.2) is 0 Å². The maximum atomic E-state index is 12.5. The standard InChI is InChI=1S/C19H19BrN2O3/c1-3-25-19(24)18-13-9-17(23)14(20)10-15(13)22(2)16(18)11-21-12-7-5-4-6-8-12/h4-10,21,23H,3,11H2,1-2H3. The lowest BCUT2D eigenvalue weighted by molar-refractivity contribution is 0.0527. The summed E-state index contributed by atoms with van der Waals surface area (Å²) in [4.78, 5) is 12.5. The van der Waals surface area contributed by atoms with Crippen LogP contribution in [0, 0.1) is 0 Å². The van der Waals surface area contributed by atoms with E-state index >= 15 is 0 Å². The predicted octanol–water partition coefficient (Wildman–Crippen LogP) is 4.44. The van der Waals surface area contributed by atoms with Crippen molar-refractivity contribution in [3.05, 3.63) is 58.2 Å². The van der Waals surface area contributed by atoms with Crippen molar-refractivity contribution in [1.82, 2.24) is 4.57 Å². The van der Waals surface area contributed by atoms with Crippen molar-refractivity contribution in [2.45, 2.75) is 13.5 Å². The number of aryl methyl sites for hydroxylation is 1. The van der Waals surface area contributed by atoms with Gasteiger partial charge in [0.25, 0.3) is 0 Å². The molecule has 0 aliphatic carbocycles. The zero-order valence-corrected chi connectivity index (χ0v) is 15.6.